The van der Waals surface area contributed by atoms with Gasteiger partial charge in [-0.2, -0.15) is 0 Å². The summed E-state index contributed by atoms with van der Waals surface area (Å²) in [7, 11) is 3.19. The molecule has 8 heteroatoms. The van der Waals surface area contributed by atoms with E-state index >= 15 is 0 Å². The number of halogens is 1. The van der Waals surface area contributed by atoms with Crippen molar-refractivity contribution >= 4 is 5.96 Å². The molecule has 1 aromatic carbocycles. The first-order chi connectivity index (χ1) is 14.1. The van der Waals surface area contributed by atoms with Gasteiger partial charge in [-0.05, 0) is 43.9 Å². The molecule has 0 aliphatic carbocycles. The lowest BCUT2D eigenvalue weighted by atomic mass is 10.1. The minimum absolute atomic E-state index is 0.0890. The van der Waals surface area contributed by atoms with E-state index in [0.717, 1.165) is 49.6 Å². The van der Waals surface area contributed by atoms with Crippen molar-refractivity contribution in [1.82, 2.24) is 25.4 Å². The molecular formula is C21H31FN6O. The molecule has 2 heterocycles. The van der Waals surface area contributed by atoms with E-state index in [1.807, 2.05) is 13.0 Å². The molecule has 0 saturated heterocycles. The summed E-state index contributed by atoms with van der Waals surface area (Å²) in [4.78, 5) is 4.27. The van der Waals surface area contributed by atoms with Crippen molar-refractivity contribution < 1.29 is 9.13 Å². The van der Waals surface area contributed by atoms with Crippen LogP contribution in [0.1, 0.15) is 55.9 Å². The average molecular weight is 403 g/mol. The first-order valence-electron chi connectivity index (χ1n) is 10.3. The summed E-state index contributed by atoms with van der Waals surface area (Å²) in [5.41, 5.74) is 0.831. The third kappa shape index (κ3) is 5.46. The van der Waals surface area contributed by atoms with Crippen LogP contribution in [0.15, 0.2) is 23.2 Å². The van der Waals surface area contributed by atoms with E-state index in [1.54, 1.807) is 13.1 Å². The zero-order valence-electron chi connectivity index (χ0n) is 17.5. The summed E-state index contributed by atoms with van der Waals surface area (Å²) in [6.07, 6.45) is 6.53. The Bertz CT molecular complexity index is 835. The summed E-state index contributed by atoms with van der Waals surface area (Å²) in [5, 5.41) is 15.4. The van der Waals surface area contributed by atoms with E-state index in [1.165, 1.54) is 32.4 Å². The Kier molecular flexibility index (Phi) is 7.43. The van der Waals surface area contributed by atoms with Gasteiger partial charge in [0.1, 0.15) is 11.6 Å². The molecule has 0 amide bonds. The number of methoxy groups -OCH3 is 1. The number of hydrogen-bond donors (Lipinski definition) is 2. The SMILES string of the molecule is CN=C(NCCCc1nnc2n1CCCCC2)NC(C)c1ccc(OC)c(F)c1. The van der Waals surface area contributed by atoms with Crippen LogP contribution in [0.25, 0.3) is 0 Å². The average Bonchev–Trinajstić information content (AvgIpc) is 2.95. The smallest absolute Gasteiger partial charge is 0.191 e. The summed E-state index contributed by atoms with van der Waals surface area (Å²) >= 11 is 0. The second-order valence-corrected chi connectivity index (χ2v) is 7.36. The fourth-order valence-electron chi connectivity index (χ4n) is 3.62. The Labute approximate surface area is 171 Å². The fourth-order valence-corrected chi connectivity index (χ4v) is 3.62. The minimum atomic E-state index is -0.367. The number of aliphatic imine (C=N–C) groups is 1. The lowest BCUT2D eigenvalue weighted by Gasteiger charge is -2.19. The van der Waals surface area contributed by atoms with Crippen molar-refractivity contribution in [2.45, 2.75) is 58.0 Å². The molecule has 1 atom stereocenters. The zero-order chi connectivity index (χ0) is 20.6. The van der Waals surface area contributed by atoms with Gasteiger partial charge in [-0.25, -0.2) is 4.39 Å². The molecule has 0 bridgehead atoms. The molecule has 0 saturated carbocycles. The number of nitrogens with zero attached hydrogens (tertiary/aromatic N) is 4. The Hall–Kier alpha value is -2.64. The van der Waals surface area contributed by atoms with Gasteiger partial charge in [0.05, 0.1) is 13.2 Å². The number of fused-ring (bicyclic) bond motifs is 1. The second-order valence-electron chi connectivity index (χ2n) is 7.36. The number of aryl methyl sites for hydroxylation is 2. The molecule has 2 N–H and O–H groups in total. The normalized spacial score (nSPS) is 15.4. The molecule has 1 aromatic heterocycles. The van der Waals surface area contributed by atoms with Gasteiger partial charge in [-0.3, -0.25) is 4.99 Å². The number of hydrogen-bond acceptors (Lipinski definition) is 4. The van der Waals surface area contributed by atoms with Gasteiger partial charge in [0.25, 0.3) is 0 Å². The standard InChI is InChI=1S/C21H31FN6O/c1-15(16-10-11-18(29-3)17(22)14-16)25-21(23-2)24-12-7-9-20-27-26-19-8-5-4-6-13-28(19)20/h10-11,14-15H,4-9,12-13H2,1-3H3,(H2,23,24,25). The van der Waals surface area contributed by atoms with Gasteiger partial charge in [-0.15, -0.1) is 10.2 Å². The molecule has 3 rings (SSSR count). The highest BCUT2D eigenvalue weighted by atomic mass is 19.1. The van der Waals surface area contributed by atoms with Crippen molar-refractivity contribution in [2.75, 3.05) is 20.7 Å². The summed E-state index contributed by atoms with van der Waals surface area (Å²) in [6.45, 7) is 3.77. The zero-order valence-corrected chi connectivity index (χ0v) is 17.5. The number of nitrogens with one attached hydrogen (secondary N) is 2. The van der Waals surface area contributed by atoms with Crippen molar-refractivity contribution in [3.63, 3.8) is 0 Å². The predicted octanol–water partition coefficient (Wildman–Crippen LogP) is 3.01. The van der Waals surface area contributed by atoms with Crippen LogP contribution in [0.4, 0.5) is 4.39 Å². The lowest BCUT2D eigenvalue weighted by molar-refractivity contribution is 0.386. The summed E-state index contributed by atoms with van der Waals surface area (Å²) < 4.78 is 21.2. The van der Waals surface area contributed by atoms with Gasteiger partial charge >= 0.3 is 0 Å². The van der Waals surface area contributed by atoms with E-state index in [4.69, 9.17) is 4.74 Å². The molecule has 0 spiro atoms. The van der Waals surface area contributed by atoms with Crippen LogP contribution in [0.3, 0.4) is 0 Å². The van der Waals surface area contributed by atoms with Gasteiger partial charge < -0.3 is 19.9 Å². The molecule has 1 aliphatic heterocycles. The molecule has 158 valence electrons. The Morgan fingerprint density at radius 3 is 2.93 bits per heavy atom. The number of guanidine groups is 1. The molecule has 7 nitrogen and oxygen atoms in total. The van der Waals surface area contributed by atoms with Gasteiger partial charge in [0.15, 0.2) is 17.5 Å². The quantitative estimate of drug-likeness (QED) is 0.423. The Morgan fingerprint density at radius 2 is 2.17 bits per heavy atom. The first kappa shape index (κ1) is 21.1. The molecule has 0 radical (unpaired) electrons. The molecule has 29 heavy (non-hydrogen) atoms. The maximum absolute atomic E-state index is 13.9. The highest BCUT2D eigenvalue weighted by Crippen LogP contribution is 2.21. The van der Waals surface area contributed by atoms with E-state index in [2.05, 4.69) is 30.4 Å². The maximum atomic E-state index is 13.9. The van der Waals surface area contributed by atoms with Crippen LogP contribution < -0.4 is 15.4 Å². The van der Waals surface area contributed by atoms with Crippen LogP contribution in [0, 0.1) is 5.82 Å². The van der Waals surface area contributed by atoms with Gasteiger partial charge in [0.2, 0.25) is 0 Å². The largest absolute Gasteiger partial charge is 0.494 e. The molecular weight excluding hydrogens is 371 g/mol. The minimum Gasteiger partial charge on any atom is -0.494 e. The Balaban J connectivity index is 1.47. The highest BCUT2D eigenvalue weighted by Gasteiger charge is 2.14. The van der Waals surface area contributed by atoms with E-state index in [0.29, 0.717) is 5.96 Å². The molecule has 2 aromatic rings. The van der Waals surface area contributed by atoms with E-state index in [9.17, 15) is 4.39 Å². The van der Waals surface area contributed by atoms with Crippen molar-refractivity contribution in [1.29, 1.82) is 0 Å². The summed E-state index contributed by atoms with van der Waals surface area (Å²) in [6, 6.07) is 4.89. The van der Waals surface area contributed by atoms with Crippen LogP contribution in [0.5, 0.6) is 5.75 Å². The van der Waals surface area contributed by atoms with Crippen molar-refractivity contribution in [3.8, 4) is 5.75 Å². The Morgan fingerprint density at radius 1 is 1.31 bits per heavy atom. The van der Waals surface area contributed by atoms with Crippen LogP contribution in [-0.4, -0.2) is 41.4 Å². The third-order valence-electron chi connectivity index (χ3n) is 5.31. The number of aromatic nitrogens is 3. The van der Waals surface area contributed by atoms with Crippen LogP contribution >= 0.6 is 0 Å². The predicted molar refractivity (Wildman–Crippen MR) is 112 cm³/mol. The monoisotopic (exact) mass is 402 g/mol. The first-order valence-corrected chi connectivity index (χ1v) is 10.3. The topological polar surface area (TPSA) is 76.4 Å². The number of ether oxygens (including phenoxy) is 1. The third-order valence-corrected chi connectivity index (χ3v) is 5.31. The molecule has 1 unspecified atom stereocenters. The van der Waals surface area contributed by atoms with Gasteiger partial charge in [-0.1, -0.05) is 12.5 Å². The number of rotatable bonds is 7. The fraction of sp³-hybridized carbons (Fsp3) is 0.571. The maximum Gasteiger partial charge on any atom is 0.191 e. The highest BCUT2D eigenvalue weighted by molar-refractivity contribution is 5.80. The molecule has 1 aliphatic rings. The van der Waals surface area contributed by atoms with Gasteiger partial charge in [0, 0.05) is 33.0 Å². The van der Waals surface area contributed by atoms with Crippen LogP contribution in [-0.2, 0) is 19.4 Å². The van der Waals surface area contributed by atoms with Crippen molar-refractivity contribution in [3.05, 3.63) is 41.2 Å². The van der Waals surface area contributed by atoms with E-state index < -0.39 is 0 Å². The number of benzene rings is 1. The van der Waals surface area contributed by atoms with Crippen molar-refractivity contribution in [2.24, 2.45) is 4.99 Å². The van der Waals surface area contributed by atoms with Crippen LogP contribution in [0.2, 0.25) is 0 Å². The van der Waals surface area contributed by atoms with E-state index in [-0.39, 0.29) is 17.6 Å². The lowest BCUT2D eigenvalue weighted by Crippen LogP contribution is -2.39. The second kappa shape index (κ2) is 10.2. The molecule has 0 fully saturated rings. The summed E-state index contributed by atoms with van der Waals surface area (Å²) in [5.74, 6) is 2.77.